The molecule has 3 aliphatic carbocycles. The van der Waals surface area contributed by atoms with Gasteiger partial charge in [-0.3, -0.25) is 0 Å². The standard InChI is InChI=1S/C11H18/c1-8-9(2)11(3)6-4-10(8)5-7-11/h4,6,8-10H,5,7H2,1-3H3. The summed E-state index contributed by atoms with van der Waals surface area (Å²) in [5.74, 6) is 2.71. The van der Waals surface area contributed by atoms with E-state index in [2.05, 4.69) is 32.9 Å². The van der Waals surface area contributed by atoms with Gasteiger partial charge in [-0.05, 0) is 36.0 Å². The Morgan fingerprint density at radius 1 is 1.36 bits per heavy atom. The summed E-state index contributed by atoms with van der Waals surface area (Å²) in [6, 6.07) is 0. The second kappa shape index (κ2) is 2.12. The molecule has 0 N–H and O–H groups in total. The number of hydrogen-bond donors (Lipinski definition) is 0. The number of allylic oxidation sites excluding steroid dienone is 2. The van der Waals surface area contributed by atoms with Gasteiger partial charge in [-0.25, -0.2) is 0 Å². The summed E-state index contributed by atoms with van der Waals surface area (Å²) in [5.41, 5.74) is 0.536. The van der Waals surface area contributed by atoms with Gasteiger partial charge in [0.1, 0.15) is 0 Å². The molecule has 1 saturated carbocycles. The van der Waals surface area contributed by atoms with Gasteiger partial charge < -0.3 is 0 Å². The molecule has 0 aromatic carbocycles. The highest BCUT2D eigenvalue weighted by atomic mass is 14.5. The minimum Gasteiger partial charge on any atom is -0.0846 e. The lowest BCUT2D eigenvalue weighted by Gasteiger charge is -2.49. The van der Waals surface area contributed by atoms with E-state index in [9.17, 15) is 0 Å². The van der Waals surface area contributed by atoms with Crippen molar-refractivity contribution in [3.05, 3.63) is 12.2 Å². The lowest BCUT2D eigenvalue weighted by molar-refractivity contribution is 0.0750. The first-order valence-corrected chi connectivity index (χ1v) is 4.83. The van der Waals surface area contributed by atoms with Crippen molar-refractivity contribution in [1.29, 1.82) is 0 Å². The van der Waals surface area contributed by atoms with Crippen LogP contribution in [0.2, 0.25) is 0 Å². The molecule has 3 rings (SSSR count). The molecule has 62 valence electrons. The molecule has 0 aliphatic heterocycles. The Bertz CT molecular complexity index is 192. The smallest absolute Gasteiger partial charge is 0.0118 e. The summed E-state index contributed by atoms with van der Waals surface area (Å²) < 4.78 is 0. The second-order valence-corrected chi connectivity index (χ2v) is 4.72. The molecule has 0 radical (unpaired) electrons. The fourth-order valence-corrected chi connectivity index (χ4v) is 2.79. The summed E-state index contributed by atoms with van der Waals surface area (Å²) in [4.78, 5) is 0. The summed E-state index contributed by atoms with van der Waals surface area (Å²) in [6.45, 7) is 7.25. The Morgan fingerprint density at radius 3 is 2.45 bits per heavy atom. The van der Waals surface area contributed by atoms with E-state index in [-0.39, 0.29) is 0 Å². The minimum atomic E-state index is 0.536. The molecule has 1 fully saturated rings. The van der Waals surface area contributed by atoms with Crippen LogP contribution in [0.15, 0.2) is 12.2 Å². The highest BCUT2D eigenvalue weighted by molar-refractivity contribution is 5.13. The maximum Gasteiger partial charge on any atom is -0.0118 e. The zero-order chi connectivity index (χ0) is 8.06. The number of hydrogen-bond acceptors (Lipinski definition) is 0. The first kappa shape index (κ1) is 7.39. The minimum absolute atomic E-state index is 0.536. The summed E-state index contributed by atoms with van der Waals surface area (Å²) in [6.07, 6.45) is 7.76. The van der Waals surface area contributed by atoms with Crippen molar-refractivity contribution in [1.82, 2.24) is 0 Å². The maximum atomic E-state index is 2.46. The SMILES string of the molecule is CC1C2C=CC(C)(CC2)C1C. The Balaban J connectivity index is 2.35. The van der Waals surface area contributed by atoms with Crippen LogP contribution in [0.3, 0.4) is 0 Å². The third-order valence-electron chi connectivity index (χ3n) is 4.24. The second-order valence-electron chi connectivity index (χ2n) is 4.72. The van der Waals surface area contributed by atoms with Crippen molar-refractivity contribution in [2.75, 3.05) is 0 Å². The van der Waals surface area contributed by atoms with Crippen LogP contribution in [0.4, 0.5) is 0 Å². The van der Waals surface area contributed by atoms with Crippen molar-refractivity contribution < 1.29 is 0 Å². The van der Waals surface area contributed by atoms with Crippen molar-refractivity contribution in [2.45, 2.75) is 33.6 Å². The first-order chi connectivity index (χ1) is 5.13. The zero-order valence-electron chi connectivity index (χ0n) is 7.80. The van der Waals surface area contributed by atoms with Crippen LogP contribution in [-0.4, -0.2) is 0 Å². The molecule has 3 aliphatic rings. The number of fused-ring (bicyclic) bond motifs is 2. The van der Waals surface area contributed by atoms with E-state index >= 15 is 0 Å². The van der Waals surface area contributed by atoms with Crippen LogP contribution in [-0.2, 0) is 0 Å². The Labute approximate surface area is 69.7 Å². The fourth-order valence-electron chi connectivity index (χ4n) is 2.79. The molecular formula is C11H18. The van der Waals surface area contributed by atoms with E-state index in [1.807, 2.05) is 0 Å². The first-order valence-electron chi connectivity index (χ1n) is 4.83. The molecular weight excluding hydrogens is 132 g/mol. The van der Waals surface area contributed by atoms with Crippen molar-refractivity contribution in [3.8, 4) is 0 Å². The van der Waals surface area contributed by atoms with Crippen LogP contribution in [0.25, 0.3) is 0 Å². The molecule has 0 heteroatoms. The molecule has 2 bridgehead atoms. The van der Waals surface area contributed by atoms with Gasteiger partial charge in [-0.2, -0.15) is 0 Å². The molecule has 0 nitrogen and oxygen atoms in total. The van der Waals surface area contributed by atoms with E-state index in [0.29, 0.717) is 5.41 Å². The lowest BCUT2D eigenvalue weighted by Crippen LogP contribution is -2.40. The van der Waals surface area contributed by atoms with Gasteiger partial charge in [-0.1, -0.05) is 32.9 Å². The van der Waals surface area contributed by atoms with Gasteiger partial charge in [0.05, 0.1) is 0 Å². The Morgan fingerprint density at radius 2 is 2.09 bits per heavy atom. The van der Waals surface area contributed by atoms with Gasteiger partial charge in [-0.15, -0.1) is 0 Å². The summed E-state index contributed by atoms with van der Waals surface area (Å²) in [7, 11) is 0. The van der Waals surface area contributed by atoms with E-state index in [4.69, 9.17) is 0 Å². The van der Waals surface area contributed by atoms with Gasteiger partial charge in [0, 0.05) is 0 Å². The molecule has 0 aromatic rings. The van der Waals surface area contributed by atoms with Crippen molar-refractivity contribution in [3.63, 3.8) is 0 Å². The predicted octanol–water partition coefficient (Wildman–Crippen LogP) is 3.24. The van der Waals surface area contributed by atoms with Crippen LogP contribution in [0.5, 0.6) is 0 Å². The Kier molecular flexibility index (Phi) is 1.42. The average molecular weight is 150 g/mol. The summed E-state index contributed by atoms with van der Waals surface area (Å²) in [5, 5.41) is 0. The Hall–Kier alpha value is -0.260. The van der Waals surface area contributed by atoms with Crippen LogP contribution in [0.1, 0.15) is 33.6 Å². The highest BCUT2D eigenvalue weighted by Gasteiger charge is 2.42. The highest BCUT2D eigenvalue weighted by Crippen LogP contribution is 2.51. The monoisotopic (exact) mass is 150 g/mol. The average Bonchev–Trinajstić information content (AvgIpc) is 2.01. The van der Waals surface area contributed by atoms with Crippen molar-refractivity contribution in [2.24, 2.45) is 23.2 Å². The van der Waals surface area contributed by atoms with Crippen LogP contribution in [0, 0.1) is 23.2 Å². The zero-order valence-corrected chi connectivity index (χ0v) is 7.80. The molecule has 0 saturated heterocycles. The third kappa shape index (κ3) is 0.881. The predicted molar refractivity (Wildman–Crippen MR) is 48.3 cm³/mol. The molecule has 4 atom stereocenters. The molecule has 0 amide bonds. The molecule has 0 aromatic heterocycles. The maximum absolute atomic E-state index is 2.46. The van der Waals surface area contributed by atoms with Gasteiger partial charge >= 0.3 is 0 Å². The topological polar surface area (TPSA) is 0 Å². The number of rotatable bonds is 0. The summed E-state index contributed by atoms with van der Waals surface area (Å²) >= 11 is 0. The largest absolute Gasteiger partial charge is 0.0846 e. The van der Waals surface area contributed by atoms with E-state index < -0.39 is 0 Å². The van der Waals surface area contributed by atoms with Gasteiger partial charge in [0.15, 0.2) is 0 Å². The molecule has 11 heavy (non-hydrogen) atoms. The van der Waals surface area contributed by atoms with E-state index in [1.165, 1.54) is 12.8 Å². The normalized spacial score (nSPS) is 55.0. The molecule has 4 unspecified atom stereocenters. The van der Waals surface area contributed by atoms with Crippen LogP contribution < -0.4 is 0 Å². The third-order valence-corrected chi connectivity index (χ3v) is 4.24. The quantitative estimate of drug-likeness (QED) is 0.465. The van der Waals surface area contributed by atoms with Crippen molar-refractivity contribution >= 4 is 0 Å². The van der Waals surface area contributed by atoms with E-state index in [0.717, 1.165) is 17.8 Å². The molecule has 0 heterocycles. The van der Waals surface area contributed by atoms with Gasteiger partial charge in [0.25, 0.3) is 0 Å². The lowest BCUT2D eigenvalue weighted by atomic mass is 9.56. The van der Waals surface area contributed by atoms with E-state index in [1.54, 1.807) is 0 Å². The van der Waals surface area contributed by atoms with Gasteiger partial charge in [0.2, 0.25) is 0 Å². The molecule has 0 spiro atoms. The fraction of sp³-hybridized carbons (Fsp3) is 0.818. The van der Waals surface area contributed by atoms with Crippen LogP contribution >= 0.6 is 0 Å².